The van der Waals surface area contributed by atoms with Gasteiger partial charge in [-0.3, -0.25) is 9.18 Å². The summed E-state index contributed by atoms with van der Waals surface area (Å²) in [4.78, 5) is 16.3. The monoisotopic (exact) mass is 823 g/mol. The van der Waals surface area contributed by atoms with Crippen LogP contribution in [0.2, 0.25) is 13.1 Å². The van der Waals surface area contributed by atoms with Crippen molar-refractivity contribution < 1.29 is 38.8 Å². The van der Waals surface area contributed by atoms with Gasteiger partial charge in [0.2, 0.25) is 0 Å². The molecule has 0 unspecified atom stereocenters. The van der Waals surface area contributed by atoms with Crippen molar-refractivity contribution in [2.45, 2.75) is 108 Å². The summed E-state index contributed by atoms with van der Waals surface area (Å²) in [6.07, 6.45) is 7.75. The Kier molecular flexibility index (Phi) is 14.2. The van der Waals surface area contributed by atoms with Gasteiger partial charge in [-0.05, 0) is 73.0 Å². The summed E-state index contributed by atoms with van der Waals surface area (Å²) >= 11 is 0. The Morgan fingerprint density at radius 2 is 1.61 bits per heavy atom. The number of aliphatic hydroxyl groups is 1. The minimum absolute atomic E-state index is 0. The normalized spacial score (nSPS) is 13.7. The van der Waals surface area contributed by atoms with Gasteiger partial charge in [0.25, 0.3) is 8.32 Å². The fraction of sp³-hybridized carbons (Fsp3) is 0.487. The second-order valence-corrected chi connectivity index (χ2v) is 17.8. The summed E-state index contributed by atoms with van der Waals surface area (Å²) in [6, 6.07) is 13.8. The molecule has 253 valence electrons. The van der Waals surface area contributed by atoms with Crippen molar-refractivity contribution >= 4 is 19.3 Å². The van der Waals surface area contributed by atoms with Gasteiger partial charge in [-0.15, -0.1) is 17.7 Å². The first-order valence-electron chi connectivity index (χ1n) is 16.5. The number of aromatic nitrogens is 1. The number of hydrogen-bond acceptors (Lipinski definition) is 4. The van der Waals surface area contributed by atoms with E-state index >= 15 is 0 Å². The van der Waals surface area contributed by atoms with E-state index in [1.54, 1.807) is 13.8 Å². The predicted molar refractivity (Wildman–Crippen MR) is 188 cm³/mol. The predicted octanol–water partition coefficient (Wildman–Crippen LogP) is 10.2. The molecule has 0 saturated carbocycles. The summed E-state index contributed by atoms with van der Waals surface area (Å²) < 4.78 is 20.9. The van der Waals surface area contributed by atoms with E-state index < -0.39 is 8.32 Å². The van der Waals surface area contributed by atoms with Crippen LogP contribution in [0.5, 0.6) is 5.75 Å². The van der Waals surface area contributed by atoms with Crippen LogP contribution in [-0.4, -0.2) is 24.2 Å². The Balaban J connectivity index is 0.000000394. The number of allylic oxidation sites excluding steroid dienone is 2. The standard InChI is InChI=1S/C26H29FNOSi.C13H24O2.Ir/c1-16-12-19(13-17(2)23(16)27)24-25-21(10-11-28-24)20-9-8-18(15-26(3,4)5)14-22(20)30(6,7)29-25;1-5-10(6-2)12(14)9-13(15)11(7-3)8-4;/h8-12,14H,15H2,1-7H3;9-11,14H,5-8H2,1-4H3;/q-1;;/b;12-9-;. The molecule has 4 rings (SSSR count). The smallest absolute Gasteiger partial charge is 0.276 e. The Morgan fingerprint density at radius 3 is 2.15 bits per heavy atom. The van der Waals surface area contributed by atoms with Gasteiger partial charge in [0.1, 0.15) is 0 Å². The molecule has 1 radical (unpaired) electrons. The SMILES string of the molecule is CCC(CC)C(=O)/C=C(\O)C(CC)CC.Cc1[c-]c(-c2nccc3c2O[Si](C)(C)c2cc(CC(C)(C)C)ccc2-3)cc(C)c1F.[Ir]. The van der Waals surface area contributed by atoms with Crippen molar-refractivity contribution in [3.05, 3.63) is 76.9 Å². The molecule has 1 aromatic heterocycles. The molecular formula is C39H53FIrNO3Si-. The number of rotatable bonds is 9. The van der Waals surface area contributed by atoms with Gasteiger partial charge in [0.15, 0.2) is 5.78 Å². The first-order chi connectivity index (χ1) is 21.1. The van der Waals surface area contributed by atoms with E-state index in [1.165, 1.54) is 22.4 Å². The summed E-state index contributed by atoms with van der Waals surface area (Å²) in [7, 11) is -2.20. The molecule has 0 saturated heterocycles. The fourth-order valence-electron chi connectivity index (χ4n) is 6.09. The molecule has 1 N–H and O–H groups in total. The molecule has 0 fully saturated rings. The molecule has 3 aromatic rings. The first-order valence-corrected chi connectivity index (χ1v) is 19.4. The third-order valence-electron chi connectivity index (χ3n) is 8.71. The molecule has 1 aliphatic heterocycles. The minimum atomic E-state index is -2.20. The summed E-state index contributed by atoms with van der Waals surface area (Å²) in [5, 5.41) is 11.1. The van der Waals surface area contributed by atoms with E-state index in [1.807, 2.05) is 46.0 Å². The molecule has 0 bridgehead atoms. The fourth-order valence-corrected chi connectivity index (χ4v) is 8.31. The van der Waals surface area contributed by atoms with Gasteiger partial charge in [0.05, 0.1) is 11.5 Å². The van der Waals surface area contributed by atoms with Gasteiger partial charge >= 0.3 is 0 Å². The maximum Gasteiger partial charge on any atom is 0.276 e. The van der Waals surface area contributed by atoms with E-state index in [9.17, 15) is 14.3 Å². The number of carbonyl (C=O) groups is 1. The average Bonchev–Trinajstić information content (AvgIpc) is 2.96. The number of carbonyl (C=O) groups excluding carboxylic acids is 1. The van der Waals surface area contributed by atoms with Crippen molar-refractivity contribution in [3.63, 3.8) is 0 Å². The van der Waals surface area contributed by atoms with Crippen LogP contribution in [0.25, 0.3) is 22.4 Å². The zero-order valence-corrected chi connectivity index (χ0v) is 33.0. The topological polar surface area (TPSA) is 59.4 Å². The number of ketones is 1. The molecule has 0 amide bonds. The minimum Gasteiger partial charge on any atom is -0.544 e. The van der Waals surface area contributed by atoms with E-state index in [4.69, 9.17) is 4.43 Å². The number of nitrogens with zero attached hydrogens (tertiary/aromatic N) is 1. The molecule has 7 heteroatoms. The maximum atomic E-state index is 14.2. The van der Waals surface area contributed by atoms with Crippen LogP contribution < -0.4 is 9.61 Å². The van der Waals surface area contributed by atoms with Crippen molar-refractivity contribution in [2.75, 3.05) is 0 Å². The van der Waals surface area contributed by atoms with Crippen LogP contribution >= 0.6 is 0 Å². The summed E-state index contributed by atoms with van der Waals surface area (Å²) in [5.74, 6) is 1.13. The molecule has 0 atom stereocenters. The van der Waals surface area contributed by atoms with Gasteiger partial charge in [0, 0.05) is 61.3 Å². The van der Waals surface area contributed by atoms with Crippen LogP contribution in [0.3, 0.4) is 0 Å². The zero-order valence-electron chi connectivity index (χ0n) is 29.7. The Labute approximate surface area is 291 Å². The first kappa shape index (κ1) is 39.6. The van der Waals surface area contributed by atoms with Crippen LogP contribution in [0.1, 0.15) is 90.8 Å². The number of halogens is 1. The van der Waals surface area contributed by atoms with E-state index in [0.717, 1.165) is 54.7 Å². The average molecular weight is 823 g/mol. The number of aliphatic hydroxyl groups excluding tert-OH is 1. The molecule has 1 aliphatic rings. The Bertz CT molecular complexity index is 1510. The van der Waals surface area contributed by atoms with E-state index in [-0.39, 0.29) is 54.7 Å². The number of aryl methyl sites for hydroxylation is 2. The van der Waals surface area contributed by atoms with Crippen LogP contribution in [-0.2, 0) is 31.3 Å². The number of benzene rings is 2. The largest absolute Gasteiger partial charge is 0.544 e. The van der Waals surface area contributed by atoms with Gasteiger partial charge in [-0.1, -0.05) is 91.6 Å². The number of pyridine rings is 1. The van der Waals surface area contributed by atoms with Crippen LogP contribution in [0.15, 0.2) is 48.4 Å². The van der Waals surface area contributed by atoms with Gasteiger partial charge < -0.3 is 14.5 Å². The third kappa shape index (κ3) is 9.48. The molecule has 2 heterocycles. The second kappa shape index (κ2) is 16.5. The number of fused-ring (bicyclic) bond motifs is 3. The Hall–Kier alpha value is -2.60. The molecule has 4 nitrogen and oxygen atoms in total. The van der Waals surface area contributed by atoms with Crippen LogP contribution in [0, 0.1) is 43.0 Å². The zero-order chi connectivity index (χ0) is 33.7. The Morgan fingerprint density at radius 1 is 1.00 bits per heavy atom. The van der Waals surface area contributed by atoms with Gasteiger partial charge in [-0.2, -0.15) is 0 Å². The molecule has 2 aromatic carbocycles. The maximum absolute atomic E-state index is 14.2. The summed E-state index contributed by atoms with van der Waals surface area (Å²) in [5.41, 5.74) is 6.48. The third-order valence-corrected chi connectivity index (χ3v) is 11.1. The van der Waals surface area contributed by atoms with Crippen LogP contribution in [0.4, 0.5) is 4.39 Å². The molecule has 0 spiro atoms. The number of hydrogen-bond donors (Lipinski definition) is 1. The van der Waals surface area contributed by atoms with Crippen molar-refractivity contribution in [1.29, 1.82) is 0 Å². The van der Waals surface area contributed by atoms with Crippen molar-refractivity contribution in [3.8, 4) is 28.1 Å². The van der Waals surface area contributed by atoms with Gasteiger partial charge in [-0.25, -0.2) is 0 Å². The van der Waals surface area contributed by atoms with E-state index in [0.29, 0.717) is 11.1 Å². The molecule has 46 heavy (non-hydrogen) atoms. The van der Waals surface area contributed by atoms with E-state index in [2.05, 4.69) is 63.1 Å². The summed E-state index contributed by atoms with van der Waals surface area (Å²) in [6.45, 7) is 22.9. The molecular weight excluding hydrogens is 770 g/mol. The second-order valence-electron chi connectivity index (χ2n) is 14.1. The quantitative estimate of drug-likeness (QED) is 0.101. The van der Waals surface area contributed by atoms with Crippen molar-refractivity contribution in [1.82, 2.24) is 4.98 Å². The molecule has 0 aliphatic carbocycles. The van der Waals surface area contributed by atoms with Crippen molar-refractivity contribution in [2.24, 2.45) is 17.3 Å².